The average molecular weight is 146 g/mol. The number of rotatable bonds is 2. The Hall–Kier alpha value is -0.240. The van der Waals surface area contributed by atoms with Gasteiger partial charge in [-0.15, -0.1) is 0 Å². The van der Waals surface area contributed by atoms with Crippen LogP contribution in [0.4, 0.5) is 4.39 Å². The molecule has 0 rings (SSSR count). The van der Waals surface area contributed by atoms with Gasteiger partial charge in [-0.1, -0.05) is 0 Å². The maximum absolute atomic E-state index is 10.8. The lowest BCUT2D eigenvalue weighted by Gasteiger charge is -1.87. The molecule has 0 radical (unpaired) electrons. The summed E-state index contributed by atoms with van der Waals surface area (Å²) < 4.78 is 38.5. The minimum Gasteiger partial charge on any atom is -0.344 e. The Morgan fingerprint density at radius 1 is 1.62 bits per heavy atom. The van der Waals surface area contributed by atoms with Gasteiger partial charge in [0, 0.05) is 0 Å². The van der Waals surface area contributed by atoms with Gasteiger partial charge in [-0.2, -0.15) is 13.1 Å². The lowest BCUT2D eigenvalue weighted by Crippen LogP contribution is -2.20. The summed E-state index contributed by atoms with van der Waals surface area (Å²) in [6.45, 7) is -1.28. The van der Waals surface area contributed by atoms with Crippen LogP contribution in [0.25, 0.3) is 0 Å². The van der Waals surface area contributed by atoms with Gasteiger partial charge in [0.2, 0.25) is 0 Å². The molecule has 52 valence electrons. The molecule has 0 atom stereocenters. The fraction of sp³-hybridized carbons (Fsp3) is 1.00. The third kappa shape index (κ3) is 9.23. The van der Waals surface area contributed by atoms with Crippen LogP contribution in [0.1, 0.15) is 0 Å². The SMILES string of the molecule is N.O=S(=O)(O)NCF. The molecule has 0 amide bonds. The number of hydrogen-bond donors (Lipinski definition) is 3. The molecule has 0 aromatic rings. The number of alkyl halides is 1. The molecule has 0 saturated carbocycles. The Balaban J connectivity index is 0. The Bertz CT molecular complexity index is 130. The highest BCUT2D eigenvalue weighted by Crippen LogP contribution is 1.68. The van der Waals surface area contributed by atoms with E-state index < -0.39 is 17.1 Å². The predicted octanol–water partition coefficient (Wildman–Crippen LogP) is -0.532. The van der Waals surface area contributed by atoms with E-state index in [1.165, 1.54) is 0 Å². The number of nitrogens with one attached hydrogen (secondary N) is 1. The molecule has 7 heteroatoms. The van der Waals surface area contributed by atoms with Crippen LogP contribution in [0.3, 0.4) is 0 Å². The van der Waals surface area contributed by atoms with Crippen LogP contribution in [0, 0.1) is 0 Å². The van der Waals surface area contributed by atoms with Gasteiger partial charge >= 0.3 is 10.3 Å². The maximum atomic E-state index is 10.8. The van der Waals surface area contributed by atoms with Crippen LogP contribution in [0.5, 0.6) is 0 Å². The van der Waals surface area contributed by atoms with Gasteiger partial charge in [0.05, 0.1) is 0 Å². The summed E-state index contributed by atoms with van der Waals surface area (Å²) in [7, 11) is -4.30. The molecular weight excluding hydrogens is 139 g/mol. The van der Waals surface area contributed by atoms with Crippen LogP contribution >= 0.6 is 0 Å². The smallest absolute Gasteiger partial charge is 0.335 e. The second kappa shape index (κ2) is 3.72. The van der Waals surface area contributed by atoms with E-state index in [1.807, 2.05) is 0 Å². The summed E-state index contributed by atoms with van der Waals surface area (Å²) >= 11 is 0. The molecule has 0 spiro atoms. The third-order valence-corrected chi connectivity index (χ3v) is 0.711. The minimum absolute atomic E-state index is 0. The normalized spacial score (nSPS) is 10.2. The second-order valence-corrected chi connectivity index (χ2v) is 1.99. The van der Waals surface area contributed by atoms with Crippen molar-refractivity contribution in [2.45, 2.75) is 0 Å². The van der Waals surface area contributed by atoms with E-state index in [-0.39, 0.29) is 6.15 Å². The topological polar surface area (TPSA) is 101 Å². The first-order valence-corrected chi connectivity index (χ1v) is 2.78. The fourth-order valence-corrected chi connectivity index (χ4v) is 0.207. The molecule has 0 aliphatic rings. The van der Waals surface area contributed by atoms with Gasteiger partial charge in [-0.25, -0.2) is 4.39 Å². The van der Waals surface area contributed by atoms with Crippen molar-refractivity contribution in [3.63, 3.8) is 0 Å². The Morgan fingerprint density at radius 2 is 2.00 bits per heavy atom. The Morgan fingerprint density at radius 3 is 2.00 bits per heavy atom. The summed E-state index contributed by atoms with van der Waals surface area (Å²) in [5.41, 5.74) is 0. The molecule has 0 unspecified atom stereocenters. The standard InChI is InChI=1S/CH4FNO3S.H3N/c2-1-3-7(4,5)6;/h3H,1H2,(H,4,5,6);1H3. The van der Waals surface area contributed by atoms with Crippen molar-refractivity contribution in [3.8, 4) is 0 Å². The van der Waals surface area contributed by atoms with Crippen LogP contribution in [0.15, 0.2) is 0 Å². The van der Waals surface area contributed by atoms with E-state index in [1.54, 1.807) is 0 Å². The zero-order valence-electron chi connectivity index (χ0n) is 3.96. The van der Waals surface area contributed by atoms with Gasteiger partial charge in [-0.05, 0) is 0 Å². The van der Waals surface area contributed by atoms with Crippen molar-refractivity contribution in [2.75, 3.05) is 6.80 Å². The highest BCUT2D eigenvalue weighted by Gasteiger charge is 1.97. The summed E-state index contributed by atoms with van der Waals surface area (Å²) in [6.07, 6.45) is 0. The molecule has 0 heterocycles. The van der Waals surface area contributed by atoms with Crippen molar-refractivity contribution < 1.29 is 17.4 Å². The third-order valence-electron chi connectivity index (χ3n) is 0.237. The first-order valence-electron chi connectivity index (χ1n) is 1.34. The molecule has 5 nitrogen and oxygen atoms in total. The average Bonchev–Trinajstić information content (AvgIpc) is 1.30. The van der Waals surface area contributed by atoms with Crippen molar-refractivity contribution >= 4 is 10.3 Å². The fourth-order valence-electron chi connectivity index (χ4n) is 0.0689. The summed E-state index contributed by atoms with van der Waals surface area (Å²) in [6, 6.07) is 0. The largest absolute Gasteiger partial charge is 0.344 e. The van der Waals surface area contributed by atoms with E-state index in [0.717, 1.165) is 4.72 Å². The molecule has 0 aliphatic heterocycles. The van der Waals surface area contributed by atoms with Crippen LogP contribution in [-0.4, -0.2) is 19.8 Å². The monoisotopic (exact) mass is 146 g/mol. The molecule has 0 aliphatic carbocycles. The summed E-state index contributed by atoms with van der Waals surface area (Å²) in [5, 5.41) is 0. The summed E-state index contributed by atoms with van der Waals surface area (Å²) in [4.78, 5) is 0. The molecule has 5 N–H and O–H groups in total. The zero-order valence-corrected chi connectivity index (χ0v) is 4.78. The first-order chi connectivity index (χ1) is 3.06. The van der Waals surface area contributed by atoms with E-state index in [4.69, 9.17) is 4.55 Å². The minimum atomic E-state index is -4.30. The highest BCUT2D eigenvalue weighted by molar-refractivity contribution is 7.83. The number of hydrogen-bond acceptors (Lipinski definition) is 3. The van der Waals surface area contributed by atoms with Crippen LogP contribution in [-0.2, 0) is 10.3 Å². The van der Waals surface area contributed by atoms with Crippen LogP contribution < -0.4 is 10.9 Å². The quantitative estimate of drug-likeness (QED) is 0.360. The lowest BCUT2D eigenvalue weighted by atomic mass is 11.5. The molecule has 0 fully saturated rings. The van der Waals surface area contributed by atoms with E-state index in [9.17, 15) is 12.8 Å². The number of halogens is 1. The van der Waals surface area contributed by atoms with Crippen molar-refractivity contribution in [1.82, 2.24) is 10.9 Å². The Kier molecular flexibility index (Phi) is 4.98. The van der Waals surface area contributed by atoms with Crippen molar-refractivity contribution in [3.05, 3.63) is 0 Å². The van der Waals surface area contributed by atoms with Crippen LogP contribution in [0.2, 0.25) is 0 Å². The molecule has 0 aromatic heterocycles. The molecule has 8 heavy (non-hydrogen) atoms. The van der Waals surface area contributed by atoms with E-state index >= 15 is 0 Å². The lowest BCUT2D eigenvalue weighted by molar-refractivity contribution is 0.424. The van der Waals surface area contributed by atoms with E-state index in [0.29, 0.717) is 0 Å². The molecular formula is CH7FN2O3S. The zero-order chi connectivity index (χ0) is 5.91. The summed E-state index contributed by atoms with van der Waals surface area (Å²) in [5.74, 6) is 0. The van der Waals surface area contributed by atoms with Gasteiger partial charge in [0.15, 0.2) is 6.80 Å². The van der Waals surface area contributed by atoms with Gasteiger partial charge in [-0.3, -0.25) is 4.55 Å². The molecule has 0 aromatic carbocycles. The molecule has 0 saturated heterocycles. The van der Waals surface area contributed by atoms with E-state index in [2.05, 4.69) is 0 Å². The van der Waals surface area contributed by atoms with Crippen molar-refractivity contribution in [2.24, 2.45) is 0 Å². The molecule has 0 bridgehead atoms. The van der Waals surface area contributed by atoms with Gasteiger partial charge in [0.1, 0.15) is 0 Å². The highest BCUT2D eigenvalue weighted by atomic mass is 32.2. The maximum Gasteiger partial charge on any atom is 0.335 e. The predicted molar refractivity (Wildman–Crippen MR) is 25.7 cm³/mol. The Labute approximate surface area is 46.4 Å². The van der Waals surface area contributed by atoms with Gasteiger partial charge < -0.3 is 6.15 Å². The van der Waals surface area contributed by atoms with Gasteiger partial charge in [0.25, 0.3) is 0 Å². The first kappa shape index (κ1) is 10.7. The van der Waals surface area contributed by atoms with Crippen molar-refractivity contribution in [1.29, 1.82) is 0 Å². The second-order valence-electron chi connectivity index (χ2n) is 0.753.